The minimum absolute atomic E-state index is 0.0483. The lowest BCUT2D eigenvalue weighted by Crippen LogP contribution is -2.48. The summed E-state index contributed by atoms with van der Waals surface area (Å²) in [7, 11) is 0. The molecule has 25 heavy (non-hydrogen) atoms. The van der Waals surface area contributed by atoms with E-state index in [1.807, 2.05) is 18.2 Å². The van der Waals surface area contributed by atoms with Gasteiger partial charge in [0.05, 0.1) is 6.04 Å². The van der Waals surface area contributed by atoms with E-state index in [0.717, 1.165) is 38.9 Å². The molecule has 1 aromatic carbocycles. The predicted octanol–water partition coefficient (Wildman–Crippen LogP) is 4.11. The van der Waals surface area contributed by atoms with Crippen LogP contribution in [-0.4, -0.2) is 36.6 Å². The zero-order chi connectivity index (χ0) is 18.2. The monoisotopic (exact) mass is 343 g/mol. The van der Waals surface area contributed by atoms with Gasteiger partial charge in [-0.25, -0.2) is 4.79 Å². The van der Waals surface area contributed by atoms with E-state index in [0.29, 0.717) is 5.92 Å². The number of hydrogen-bond donors (Lipinski definition) is 2. The molecule has 0 bridgehead atoms. The maximum Gasteiger partial charge on any atom is 0.315 e. The Morgan fingerprint density at radius 1 is 1.24 bits per heavy atom. The van der Waals surface area contributed by atoms with Crippen molar-refractivity contribution in [1.82, 2.24) is 15.5 Å². The van der Waals surface area contributed by atoms with Crippen LogP contribution in [0.25, 0.3) is 0 Å². The summed E-state index contributed by atoms with van der Waals surface area (Å²) in [6.07, 6.45) is 2.94. The van der Waals surface area contributed by atoms with Crippen molar-refractivity contribution in [3.05, 3.63) is 48.0 Å². The Bertz CT molecular complexity index is 548. The van der Waals surface area contributed by atoms with Gasteiger partial charge in [-0.2, -0.15) is 0 Å². The number of likely N-dealkylation sites (tertiary alicyclic amines) is 1. The summed E-state index contributed by atoms with van der Waals surface area (Å²) in [5.41, 5.74) is 2.37. The molecular weight excluding hydrogens is 310 g/mol. The molecule has 0 saturated carbocycles. The van der Waals surface area contributed by atoms with Gasteiger partial charge in [-0.1, -0.05) is 56.3 Å². The molecule has 2 rings (SSSR count). The van der Waals surface area contributed by atoms with Gasteiger partial charge in [-0.15, -0.1) is 0 Å². The van der Waals surface area contributed by atoms with Crippen molar-refractivity contribution in [2.24, 2.45) is 5.92 Å². The number of nitrogens with zero attached hydrogens (tertiary/aromatic N) is 1. The Morgan fingerprint density at radius 3 is 2.44 bits per heavy atom. The molecule has 4 heteroatoms. The molecule has 2 N–H and O–H groups in total. The van der Waals surface area contributed by atoms with Crippen LogP contribution in [0.1, 0.15) is 51.6 Å². The van der Waals surface area contributed by atoms with E-state index in [1.165, 1.54) is 11.1 Å². The fraction of sp³-hybridized carbons (Fsp3) is 0.571. The summed E-state index contributed by atoms with van der Waals surface area (Å²) in [5, 5.41) is 6.34. The zero-order valence-corrected chi connectivity index (χ0v) is 15.9. The number of carbonyl (C=O) groups excluding carboxylic acids is 1. The highest BCUT2D eigenvalue weighted by Crippen LogP contribution is 2.21. The highest BCUT2D eigenvalue weighted by molar-refractivity contribution is 5.74. The number of hydrogen-bond acceptors (Lipinski definition) is 2. The molecule has 1 aliphatic heterocycles. The van der Waals surface area contributed by atoms with Crippen LogP contribution in [0.5, 0.6) is 0 Å². The summed E-state index contributed by atoms with van der Waals surface area (Å²) in [6, 6.07) is 10.5. The Balaban J connectivity index is 1.84. The molecule has 2 amide bonds. The molecule has 0 aromatic heterocycles. The van der Waals surface area contributed by atoms with E-state index in [2.05, 4.69) is 55.0 Å². The van der Waals surface area contributed by atoms with Crippen LogP contribution in [0.4, 0.5) is 4.79 Å². The second-order valence-electron chi connectivity index (χ2n) is 7.72. The van der Waals surface area contributed by atoms with E-state index >= 15 is 0 Å². The zero-order valence-electron chi connectivity index (χ0n) is 15.9. The number of urea groups is 1. The summed E-state index contributed by atoms with van der Waals surface area (Å²) in [6.45, 7) is 13.4. The van der Waals surface area contributed by atoms with Gasteiger partial charge in [0.1, 0.15) is 0 Å². The van der Waals surface area contributed by atoms with Crippen LogP contribution < -0.4 is 10.6 Å². The molecule has 1 aromatic rings. The van der Waals surface area contributed by atoms with E-state index in [9.17, 15) is 4.79 Å². The molecule has 4 nitrogen and oxygen atoms in total. The van der Waals surface area contributed by atoms with Crippen LogP contribution in [-0.2, 0) is 0 Å². The van der Waals surface area contributed by atoms with Crippen molar-refractivity contribution < 1.29 is 4.79 Å². The third-order valence-electron chi connectivity index (χ3n) is 4.63. The van der Waals surface area contributed by atoms with Gasteiger partial charge in [-0.3, -0.25) is 4.90 Å². The van der Waals surface area contributed by atoms with Gasteiger partial charge in [0.25, 0.3) is 0 Å². The van der Waals surface area contributed by atoms with Crippen LogP contribution in [0, 0.1) is 5.92 Å². The summed E-state index contributed by atoms with van der Waals surface area (Å²) in [4.78, 5) is 14.9. The minimum Gasteiger partial charge on any atom is -0.335 e. The quantitative estimate of drug-likeness (QED) is 0.732. The van der Waals surface area contributed by atoms with Crippen molar-refractivity contribution in [2.75, 3.05) is 19.6 Å². The molecule has 1 saturated heterocycles. The van der Waals surface area contributed by atoms with E-state index < -0.39 is 0 Å². The van der Waals surface area contributed by atoms with E-state index in [1.54, 1.807) is 0 Å². The van der Waals surface area contributed by atoms with E-state index in [4.69, 9.17) is 0 Å². The SMILES string of the molecule is C=C(C)CN1CCC(NC(=O)NC(CC(C)C)c2ccccc2)CC1. The van der Waals surface area contributed by atoms with E-state index in [-0.39, 0.29) is 18.1 Å². The molecule has 1 fully saturated rings. The number of piperidine rings is 1. The van der Waals surface area contributed by atoms with Gasteiger partial charge >= 0.3 is 6.03 Å². The first-order valence-corrected chi connectivity index (χ1v) is 9.42. The van der Waals surface area contributed by atoms with Crippen LogP contribution in [0.3, 0.4) is 0 Å². The molecule has 0 spiro atoms. The van der Waals surface area contributed by atoms with Gasteiger partial charge in [0.2, 0.25) is 0 Å². The lowest BCUT2D eigenvalue weighted by Gasteiger charge is -2.33. The normalized spacial score (nSPS) is 17.3. The lowest BCUT2D eigenvalue weighted by molar-refractivity contribution is 0.199. The Hall–Kier alpha value is -1.81. The second kappa shape index (κ2) is 9.62. The molecule has 1 atom stereocenters. The maximum atomic E-state index is 12.5. The average molecular weight is 344 g/mol. The van der Waals surface area contributed by atoms with Gasteiger partial charge < -0.3 is 10.6 Å². The summed E-state index contributed by atoms with van der Waals surface area (Å²) >= 11 is 0. The molecule has 1 unspecified atom stereocenters. The Morgan fingerprint density at radius 2 is 1.88 bits per heavy atom. The van der Waals surface area contributed by atoms with Crippen LogP contribution in [0.2, 0.25) is 0 Å². The summed E-state index contributed by atoms with van der Waals surface area (Å²) < 4.78 is 0. The Kier molecular flexibility index (Phi) is 7.51. The number of amides is 2. The van der Waals surface area contributed by atoms with Crippen molar-refractivity contribution in [3.63, 3.8) is 0 Å². The smallest absolute Gasteiger partial charge is 0.315 e. The first kappa shape index (κ1) is 19.5. The molecular formula is C21H33N3O. The second-order valence-corrected chi connectivity index (χ2v) is 7.72. The topological polar surface area (TPSA) is 44.4 Å². The number of carbonyl (C=O) groups is 1. The third kappa shape index (κ3) is 6.91. The fourth-order valence-corrected chi connectivity index (χ4v) is 3.44. The summed E-state index contributed by atoms with van der Waals surface area (Å²) in [5.74, 6) is 0.524. The molecule has 0 radical (unpaired) electrons. The predicted molar refractivity (Wildman–Crippen MR) is 105 cm³/mol. The molecule has 1 aliphatic rings. The van der Waals surface area contributed by atoms with Crippen molar-refractivity contribution in [2.45, 2.75) is 52.1 Å². The minimum atomic E-state index is -0.0483. The highest BCUT2D eigenvalue weighted by Gasteiger charge is 2.22. The van der Waals surface area contributed by atoms with Crippen LogP contribution in [0.15, 0.2) is 42.5 Å². The van der Waals surface area contributed by atoms with Gasteiger partial charge in [0.15, 0.2) is 0 Å². The fourth-order valence-electron chi connectivity index (χ4n) is 3.44. The maximum absolute atomic E-state index is 12.5. The largest absolute Gasteiger partial charge is 0.335 e. The standard InChI is InChI=1S/C21H33N3O/c1-16(2)14-20(18-8-6-5-7-9-18)23-21(25)22-19-10-12-24(13-11-19)15-17(3)4/h5-9,16,19-20H,3,10-15H2,1-2,4H3,(H2,22,23,25). The lowest BCUT2D eigenvalue weighted by atomic mass is 9.97. The molecule has 1 heterocycles. The number of rotatable bonds is 7. The van der Waals surface area contributed by atoms with Gasteiger partial charge in [-0.05, 0) is 37.7 Å². The number of benzene rings is 1. The average Bonchev–Trinajstić information content (AvgIpc) is 2.56. The third-order valence-corrected chi connectivity index (χ3v) is 4.63. The number of nitrogens with one attached hydrogen (secondary N) is 2. The van der Waals surface area contributed by atoms with Crippen molar-refractivity contribution in [3.8, 4) is 0 Å². The molecule has 138 valence electrons. The first-order chi connectivity index (χ1) is 11.9. The molecule has 0 aliphatic carbocycles. The van der Waals surface area contributed by atoms with Crippen LogP contribution >= 0.6 is 0 Å². The van der Waals surface area contributed by atoms with Crippen molar-refractivity contribution >= 4 is 6.03 Å². The van der Waals surface area contributed by atoms with Crippen molar-refractivity contribution in [1.29, 1.82) is 0 Å². The first-order valence-electron chi connectivity index (χ1n) is 9.42. The Labute approximate surface area is 152 Å². The highest BCUT2D eigenvalue weighted by atomic mass is 16.2. The van der Waals surface area contributed by atoms with Gasteiger partial charge in [0, 0.05) is 25.7 Å².